The first-order chi connectivity index (χ1) is 12.3. The zero-order valence-corrected chi connectivity index (χ0v) is 16.4. The van der Waals surface area contributed by atoms with Gasteiger partial charge in [-0.15, -0.1) is 11.3 Å². The Bertz CT molecular complexity index is 872. The molecule has 0 unspecified atom stereocenters. The van der Waals surface area contributed by atoms with Crippen molar-refractivity contribution in [2.45, 2.75) is 46.1 Å². The van der Waals surface area contributed by atoms with E-state index in [1.54, 1.807) is 17.6 Å². The molecule has 3 rings (SSSR count). The van der Waals surface area contributed by atoms with E-state index in [1.165, 1.54) is 5.56 Å². The van der Waals surface area contributed by atoms with Crippen LogP contribution in [-0.4, -0.2) is 10.9 Å². The van der Waals surface area contributed by atoms with E-state index in [9.17, 15) is 4.79 Å². The third-order valence-electron chi connectivity index (χ3n) is 4.22. The fourth-order valence-electron chi connectivity index (χ4n) is 2.72. The van der Waals surface area contributed by atoms with Gasteiger partial charge in [-0.25, -0.2) is 4.98 Å². The second kappa shape index (κ2) is 7.46. The average Bonchev–Trinajstić information content (AvgIpc) is 3.22. The molecule has 0 aliphatic rings. The van der Waals surface area contributed by atoms with Crippen LogP contribution in [0.1, 0.15) is 42.0 Å². The first kappa shape index (κ1) is 18.4. The zero-order chi connectivity index (χ0) is 18.7. The third-order valence-corrected chi connectivity index (χ3v) is 5.19. The number of hydrogen-bond acceptors (Lipinski definition) is 4. The number of nitrogens with zero attached hydrogens (tertiary/aromatic N) is 1. The summed E-state index contributed by atoms with van der Waals surface area (Å²) in [5.41, 5.74) is 3.48. The quantitative estimate of drug-likeness (QED) is 0.699. The predicted molar refractivity (Wildman–Crippen MR) is 105 cm³/mol. The van der Waals surface area contributed by atoms with Crippen LogP contribution in [0.2, 0.25) is 0 Å². The lowest BCUT2D eigenvalue weighted by molar-refractivity contribution is -0.120. The molecule has 1 aromatic carbocycles. The summed E-state index contributed by atoms with van der Waals surface area (Å²) in [6.45, 7) is 9.06. The van der Waals surface area contributed by atoms with E-state index in [0.29, 0.717) is 6.54 Å². The summed E-state index contributed by atoms with van der Waals surface area (Å²) in [6, 6.07) is 12.2. The number of hydrogen-bond donors (Lipinski definition) is 1. The van der Waals surface area contributed by atoms with Gasteiger partial charge in [0.2, 0.25) is 5.91 Å². The summed E-state index contributed by atoms with van der Waals surface area (Å²) < 4.78 is 5.22. The van der Waals surface area contributed by atoms with Gasteiger partial charge in [-0.2, -0.15) is 0 Å². The molecule has 0 aliphatic heterocycles. The fraction of sp³-hybridized carbons (Fsp3) is 0.333. The zero-order valence-electron chi connectivity index (χ0n) is 15.6. The molecule has 0 aliphatic carbocycles. The smallest absolute Gasteiger partial charge is 0.227 e. The number of amides is 1. The van der Waals surface area contributed by atoms with Crippen LogP contribution < -0.4 is 5.32 Å². The Morgan fingerprint density at radius 1 is 1.19 bits per heavy atom. The minimum atomic E-state index is -0.0511. The molecule has 26 heavy (non-hydrogen) atoms. The standard InChI is InChI=1S/C21H24N2O2S/c1-14-20(15-7-9-16(10-8-15)21(2,3)4)23-19(26-14)12-18(24)22-13-17-6-5-11-25-17/h5-11H,12-13H2,1-4H3,(H,22,24). The Kier molecular flexibility index (Phi) is 5.28. The number of benzene rings is 1. The molecule has 0 spiro atoms. The fourth-order valence-corrected chi connectivity index (χ4v) is 3.68. The highest BCUT2D eigenvalue weighted by Crippen LogP contribution is 2.30. The van der Waals surface area contributed by atoms with Crippen LogP contribution in [0.4, 0.5) is 0 Å². The third kappa shape index (κ3) is 4.41. The maximum atomic E-state index is 12.1. The number of carbonyl (C=O) groups excluding carboxylic acids is 1. The molecule has 3 aromatic rings. The Labute approximate surface area is 158 Å². The second-order valence-electron chi connectivity index (χ2n) is 7.37. The maximum absolute atomic E-state index is 12.1. The molecular formula is C21H24N2O2S. The van der Waals surface area contributed by atoms with Crippen molar-refractivity contribution in [1.82, 2.24) is 10.3 Å². The molecule has 136 valence electrons. The lowest BCUT2D eigenvalue weighted by Crippen LogP contribution is -2.24. The summed E-state index contributed by atoms with van der Waals surface area (Å²) in [4.78, 5) is 18.0. The summed E-state index contributed by atoms with van der Waals surface area (Å²) in [5, 5.41) is 3.69. The van der Waals surface area contributed by atoms with Gasteiger partial charge in [0.05, 0.1) is 24.9 Å². The predicted octanol–water partition coefficient (Wildman–Crippen LogP) is 4.87. The van der Waals surface area contributed by atoms with Gasteiger partial charge in [0.15, 0.2) is 0 Å². The van der Waals surface area contributed by atoms with E-state index in [-0.39, 0.29) is 17.7 Å². The largest absolute Gasteiger partial charge is 0.467 e. The molecule has 5 heteroatoms. The number of rotatable bonds is 5. The molecule has 1 amide bonds. The van der Waals surface area contributed by atoms with Crippen molar-refractivity contribution in [3.8, 4) is 11.3 Å². The van der Waals surface area contributed by atoms with Crippen LogP contribution in [-0.2, 0) is 23.2 Å². The van der Waals surface area contributed by atoms with Crippen molar-refractivity contribution < 1.29 is 9.21 Å². The second-order valence-corrected chi connectivity index (χ2v) is 8.66. The summed E-state index contributed by atoms with van der Waals surface area (Å²) in [6.07, 6.45) is 1.88. The topological polar surface area (TPSA) is 55.1 Å². The lowest BCUT2D eigenvalue weighted by Gasteiger charge is -2.19. The minimum Gasteiger partial charge on any atom is -0.467 e. The Morgan fingerprint density at radius 3 is 2.54 bits per heavy atom. The van der Waals surface area contributed by atoms with Gasteiger partial charge in [-0.3, -0.25) is 4.79 Å². The summed E-state index contributed by atoms with van der Waals surface area (Å²) in [7, 11) is 0. The molecule has 0 atom stereocenters. The molecule has 0 fully saturated rings. The van der Waals surface area contributed by atoms with Crippen molar-refractivity contribution in [3.05, 3.63) is 63.9 Å². The summed E-state index contributed by atoms with van der Waals surface area (Å²) >= 11 is 1.58. The molecule has 0 saturated heterocycles. The van der Waals surface area contributed by atoms with Crippen molar-refractivity contribution in [2.24, 2.45) is 0 Å². The van der Waals surface area contributed by atoms with E-state index < -0.39 is 0 Å². The Morgan fingerprint density at radius 2 is 1.92 bits per heavy atom. The highest BCUT2D eigenvalue weighted by molar-refractivity contribution is 7.12. The van der Waals surface area contributed by atoms with Crippen molar-refractivity contribution in [3.63, 3.8) is 0 Å². The molecule has 0 bridgehead atoms. The first-order valence-electron chi connectivity index (χ1n) is 8.69. The number of thiazole rings is 1. The molecule has 0 saturated carbocycles. The number of furan rings is 1. The van der Waals surface area contributed by atoms with Crippen LogP contribution >= 0.6 is 11.3 Å². The normalized spacial score (nSPS) is 11.5. The van der Waals surface area contributed by atoms with E-state index in [2.05, 4.69) is 57.3 Å². The molecular weight excluding hydrogens is 344 g/mol. The maximum Gasteiger partial charge on any atom is 0.227 e. The van der Waals surface area contributed by atoms with Gasteiger partial charge < -0.3 is 9.73 Å². The highest BCUT2D eigenvalue weighted by Gasteiger charge is 2.16. The first-order valence-corrected chi connectivity index (χ1v) is 9.51. The van der Waals surface area contributed by atoms with Crippen LogP contribution in [0.3, 0.4) is 0 Å². The van der Waals surface area contributed by atoms with E-state index >= 15 is 0 Å². The van der Waals surface area contributed by atoms with Gasteiger partial charge in [0.25, 0.3) is 0 Å². The molecule has 0 radical (unpaired) electrons. The van der Waals surface area contributed by atoms with Gasteiger partial charge >= 0.3 is 0 Å². The number of aryl methyl sites for hydroxylation is 1. The van der Waals surface area contributed by atoms with E-state index in [1.807, 2.05) is 12.1 Å². The SMILES string of the molecule is Cc1sc(CC(=O)NCc2ccco2)nc1-c1ccc(C(C)(C)C)cc1. The monoisotopic (exact) mass is 368 g/mol. The van der Waals surface area contributed by atoms with Crippen molar-refractivity contribution >= 4 is 17.2 Å². The van der Waals surface area contributed by atoms with E-state index in [4.69, 9.17) is 9.40 Å². The molecule has 2 heterocycles. The van der Waals surface area contributed by atoms with Gasteiger partial charge in [0.1, 0.15) is 10.8 Å². The van der Waals surface area contributed by atoms with Crippen LogP contribution in [0.25, 0.3) is 11.3 Å². The molecule has 1 N–H and O–H groups in total. The molecule has 4 nitrogen and oxygen atoms in total. The lowest BCUT2D eigenvalue weighted by atomic mass is 9.86. The number of nitrogens with one attached hydrogen (secondary N) is 1. The van der Waals surface area contributed by atoms with Crippen LogP contribution in [0, 0.1) is 6.92 Å². The van der Waals surface area contributed by atoms with Crippen LogP contribution in [0.5, 0.6) is 0 Å². The Balaban J connectivity index is 1.67. The van der Waals surface area contributed by atoms with Crippen molar-refractivity contribution in [1.29, 1.82) is 0 Å². The highest BCUT2D eigenvalue weighted by atomic mass is 32.1. The van der Waals surface area contributed by atoms with Gasteiger partial charge in [-0.1, -0.05) is 45.0 Å². The van der Waals surface area contributed by atoms with Crippen molar-refractivity contribution in [2.75, 3.05) is 0 Å². The van der Waals surface area contributed by atoms with Gasteiger partial charge in [-0.05, 0) is 30.0 Å². The summed E-state index contributed by atoms with van der Waals surface area (Å²) in [5.74, 6) is 0.693. The Hall–Kier alpha value is -2.40. The average molecular weight is 369 g/mol. The van der Waals surface area contributed by atoms with Gasteiger partial charge in [0, 0.05) is 10.4 Å². The van der Waals surface area contributed by atoms with Crippen LogP contribution in [0.15, 0.2) is 47.1 Å². The number of carbonyl (C=O) groups is 1. The van der Waals surface area contributed by atoms with E-state index in [0.717, 1.165) is 26.9 Å². The number of aromatic nitrogens is 1. The minimum absolute atomic E-state index is 0.0511. The molecule has 2 aromatic heterocycles.